The third-order valence-electron chi connectivity index (χ3n) is 5.82. The zero-order valence-corrected chi connectivity index (χ0v) is 18.7. The van der Waals surface area contributed by atoms with Gasteiger partial charge in [-0.15, -0.1) is 10.2 Å². The summed E-state index contributed by atoms with van der Waals surface area (Å²) < 4.78 is 11.4. The zero-order valence-electron chi connectivity index (χ0n) is 18.7. The molecule has 0 bridgehead atoms. The number of ether oxygens (including phenoxy) is 2. The van der Waals surface area contributed by atoms with E-state index in [1.165, 1.54) is 19.3 Å². The van der Waals surface area contributed by atoms with E-state index in [0.29, 0.717) is 42.0 Å². The smallest absolute Gasteiger partial charge is 0.273 e. The molecule has 0 radical (unpaired) electrons. The van der Waals surface area contributed by atoms with Crippen LogP contribution < -0.4 is 20.3 Å². The predicted octanol–water partition coefficient (Wildman–Crippen LogP) is 3.27. The summed E-state index contributed by atoms with van der Waals surface area (Å²) >= 11 is 0. The van der Waals surface area contributed by atoms with Crippen LogP contribution in [0.3, 0.4) is 0 Å². The Morgan fingerprint density at radius 3 is 2.64 bits per heavy atom. The monoisotopic (exact) mass is 448 g/mol. The molecule has 8 nitrogen and oxygen atoms in total. The van der Waals surface area contributed by atoms with Gasteiger partial charge in [0.05, 0.1) is 13.7 Å². The van der Waals surface area contributed by atoms with Gasteiger partial charge in [-0.05, 0) is 42.5 Å². The number of carbonyl (C=O) groups is 1. The lowest BCUT2D eigenvalue weighted by atomic mass is 9.86. The second-order valence-electron chi connectivity index (χ2n) is 8.19. The molecule has 0 saturated heterocycles. The molecular formula is C25H28N4O4. The summed E-state index contributed by atoms with van der Waals surface area (Å²) in [6.07, 6.45) is 4.05. The number of hydrogen-bond acceptors (Lipinski definition) is 6. The summed E-state index contributed by atoms with van der Waals surface area (Å²) in [6, 6.07) is 15.1. The van der Waals surface area contributed by atoms with Crippen LogP contribution >= 0.6 is 0 Å². The van der Waals surface area contributed by atoms with E-state index in [0.717, 1.165) is 5.56 Å². The third-order valence-corrected chi connectivity index (χ3v) is 5.82. The maximum Gasteiger partial charge on any atom is 0.273 e. The van der Waals surface area contributed by atoms with Gasteiger partial charge < -0.3 is 19.8 Å². The number of benzene rings is 2. The molecule has 1 aliphatic carbocycles. The molecule has 8 heteroatoms. The van der Waals surface area contributed by atoms with Crippen molar-refractivity contribution in [1.82, 2.24) is 20.5 Å². The van der Waals surface area contributed by atoms with Gasteiger partial charge in [-0.2, -0.15) is 0 Å². The van der Waals surface area contributed by atoms with Crippen molar-refractivity contribution in [3.63, 3.8) is 0 Å². The van der Waals surface area contributed by atoms with Crippen LogP contribution in [0.1, 0.15) is 36.9 Å². The minimum absolute atomic E-state index is 0.147. The number of carbonyl (C=O) groups excluding carboxylic acids is 1. The van der Waals surface area contributed by atoms with Crippen molar-refractivity contribution in [2.75, 3.05) is 13.7 Å². The minimum atomic E-state index is -0.361. The molecule has 1 saturated carbocycles. The fourth-order valence-corrected chi connectivity index (χ4v) is 3.57. The third kappa shape index (κ3) is 5.97. The SMILES string of the molecule is COc1cc(-c2nnc(CCC(=O)NCc3ccccc3)c(=O)[nH]2)ccc1OCC1CCC1. The van der Waals surface area contributed by atoms with Crippen molar-refractivity contribution in [3.8, 4) is 22.9 Å². The highest BCUT2D eigenvalue weighted by molar-refractivity contribution is 5.76. The van der Waals surface area contributed by atoms with Crippen LogP contribution in [0.4, 0.5) is 0 Å². The van der Waals surface area contributed by atoms with Crippen LogP contribution in [0.5, 0.6) is 11.5 Å². The maximum atomic E-state index is 12.5. The van der Waals surface area contributed by atoms with Gasteiger partial charge >= 0.3 is 0 Å². The van der Waals surface area contributed by atoms with Crippen molar-refractivity contribution in [1.29, 1.82) is 0 Å². The molecule has 172 valence electrons. The van der Waals surface area contributed by atoms with Crippen LogP contribution in [-0.4, -0.2) is 34.8 Å². The molecule has 2 N–H and O–H groups in total. The number of aromatic nitrogens is 3. The summed E-state index contributed by atoms with van der Waals surface area (Å²) in [5.74, 6) is 2.05. The number of aryl methyl sites for hydroxylation is 1. The number of rotatable bonds is 10. The normalized spacial score (nSPS) is 13.2. The van der Waals surface area contributed by atoms with Crippen LogP contribution in [0.15, 0.2) is 53.3 Å². The lowest BCUT2D eigenvalue weighted by Gasteiger charge is -2.25. The summed E-state index contributed by atoms with van der Waals surface area (Å²) in [4.78, 5) is 27.4. The summed E-state index contributed by atoms with van der Waals surface area (Å²) in [5.41, 5.74) is 1.54. The zero-order chi connectivity index (χ0) is 23.0. The van der Waals surface area contributed by atoms with Gasteiger partial charge in [0.1, 0.15) is 5.69 Å². The Morgan fingerprint density at radius 2 is 1.94 bits per heavy atom. The highest BCUT2D eigenvalue weighted by Crippen LogP contribution is 2.33. The molecule has 1 aromatic heterocycles. The van der Waals surface area contributed by atoms with Crippen molar-refractivity contribution < 1.29 is 14.3 Å². The number of hydrogen-bond donors (Lipinski definition) is 2. The van der Waals surface area contributed by atoms with E-state index in [1.807, 2.05) is 42.5 Å². The van der Waals surface area contributed by atoms with Crippen molar-refractivity contribution in [2.24, 2.45) is 5.92 Å². The molecule has 3 aromatic rings. The number of nitrogens with zero attached hydrogens (tertiary/aromatic N) is 2. The molecule has 4 rings (SSSR count). The fraction of sp³-hybridized carbons (Fsp3) is 0.360. The second kappa shape index (κ2) is 10.8. The molecule has 1 fully saturated rings. The number of aromatic amines is 1. The van der Waals surface area contributed by atoms with Gasteiger partial charge in [0.15, 0.2) is 17.3 Å². The number of nitrogens with one attached hydrogen (secondary N) is 2. The Kier molecular flexibility index (Phi) is 7.34. The van der Waals surface area contributed by atoms with Gasteiger partial charge in [0.25, 0.3) is 5.56 Å². The number of H-pyrrole nitrogens is 1. The summed E-state index contributed by atoms with van der Waals surface area (Å²) in [6.45, 7) is 1.13. The van der Waals surface area contributed by atoms with Crippen LogP contribution in [-0.2, 0) is 17.8 Å². The van der Waals surface area contributed by atoms with Gasteiger partial charge in [-0.1, -0.05) is 36.8 Å². The van der Waals surface area contributed by atoms with Gasteiger partial charge in [-0.3, -0.25) is 9.59 Å². The lowest BCUT2D eigenvalue weighted by Crippen LogP contribution is -2.25. The first-order valence-corrected chi connectivity index (χ1v) is 11.2. The van der Waals surface area contributed by atoms with E-state index in [4.69, 9.17) is 9.47 Å². The largest absolute Gasteiger partial charge is 0.493 e. The van der Waals surface area contributed by atoms with Crippen LogP contribution in [0.25, 0.3) is 11.4 Å². The quantitative estimate of drug-likeness (QED) is 0.493. The maximum absolute atomic E-state index is 12.5. The Labute approximate surface area is 192 Å². The number of amides is 1. The predicted molar refractivity (Wildman–Crippen MR) is 124 cm³/mol. The van der Waals surface area contributed by atoms with E-state index in [2.05, 4.69) is 20.5 Å². The lowest BCUT2D eigenvalue weighted by molar-refractivity contribution is -0.121. The van der Waals surface area contributed by atoms with Crippen molar-refractivity contribution >= 4 is 5.91 Å². The minimum Gasteiger partial charge on any atom is -0.493 e. The van der Waals surface area contributed by atoms with Crippen LogP contribution in [0, 0.1) is 5.92 Å². The average Bonchev–Trinajstić information content (AvgIpc) is 2.81. The summed E-state index contributed by atoms with van der Waals surface area (Å²) in [7, 11) is 1.58. The molecule has 1 aliphatic rings. The van der Waals surface area contributed by atoms with Crippen molar-refractivity contribution in [2.45, 2.75) is 38.6 Å². The molecule has 2 aromatic carbocycles. The van der Waals surface area contributed by atoms with E-state index in [-0.39, 0.29) is 30.0 Å². The molecule has 1 amide bonds. The van der Waals surface area contributed by atoms with E-state index < -0.39 is 0 Å². The molecule has 0 atom stereocenters. The van der Waals surface area contributed by atoms with E-state index in [1.54, 1.807) is 13.2 Å². The first kappa shape index (κ1) is 22.5. The Bertz CT molecular complexity index is 1140. The molecule has 0 spiro atoms. The van der Waals surface area contributed by atoms with Gasteiger partial charge in [0.2, 0.25) is 5.91 Å². The van der Waals surface area contributed by atoms with E-state index in [9.17, 15) is 9.59 Å². The van der Waals surface area contributed by atoms with Gasteiger partial charge in [-0.25, -0.2) is 0 Å². The topological polar surface area (TPSA) is 106 Å². The standard InChI is InChI=1S/C25H28N4O4/c1-32-22-14-19(10-12-21(22)33-16-18-8-5-9-18)24-27-25(31)20(28-29-24)11-13-23(30)26-15-17-6-3-2-4-7-17/h2-4,6-7,10,12,14,18H,5,8-9,11,13,15-16H2,1H3,(H,26,30)(H,27,29,31). The Balaban J connectivity index is 1.35. The first-order chi connectivity index (χ1) is 16.1. The Morgan fingerprint density at radius 1 is 1.12 bits per heavy atom. The molecule has 1 heterocycles. The highest BCUT2D eigenvalue weighted by atomic mass is 16.5. The van der Waals surface area contributed by atoms with E-state index >= 15 is 0 Å². The van der Waals surface area contributed by atoms with Crippen LogP contribution in [0.2, 0.25) is 0 Å². The number of methoxy groups -OCH3 is 1. The van der Waals surface area contributed by atoms with Gasteiger partial charge in [0, 0.05) is 24.9 Å². The van der Waals surface area contributed by atoms with Crippen molar-refractivity contribution in [3.05, 3.63) is 70.1 Å². The Hall–Kier alpha value is -3.68. The second-order valence-corrected chi connectivity index (χ2v) is 8.19. The highest BCUT2D eigenvalue weighted by Gasteiger charge is 2.19. The summed E-state index contributed by atoms with van der Waals surface area (Å²) in [5, 5.41) is 11.0. The molecule has 33 heavy (non-hydrogen) atoms. The molecular weight excluding hydrogens is 420 g/mol. The molecule has 0 aliphatic heterocycles. The fourth-order valence-electron chi connectivity index (χ4n) is 3.57. The first-order valence-electron chi connectivity index (χ1n) is 11.2. The molecule has 0 unspecified atom stereocenters. The average molecular weight is 449 g/mol.